The van der Waals surface area contributed by atoms with Gasteiger partial charge in [0.25, 0.3) is 0 Å². The molecular weight excluding hydrogens is 276 g/mol. The van der Waals surface area contributed by atoms with Gasteiger partial charge in [0.1, 0.15) is 22.9 Å². The number of hydrogen-bond acceptors (Lipinski definition) is 6. The van der Waals surface area contributed by atoms with E-state index in [9.17, 15) is 4.79 Å². The number of aromatic nitrogens is 1. The van der Waals surface area contributed by atoms with Gasteiger partial charge in [-0.15, -0.1) is 11.3 Å². The number of carbonyl (C=O) groups excluding carboxylic acids is 1. The van der Waals surface area contributed by atoms with Crippen LogP contribution >= 0.6 is 11.3 Å². The van der Waals surface area contributed by atoms with Crippen LogP contribution in [0.2, 0.25) is 0 Å². The molecule has 20 heavy (non-hydrogen) atoms. The second-order valence-corrected chi connectivity index (χ2v) is 5.54. The molecule has 0 radical (unpaired) electrons. The van der Waals surface area contributed by atoms with E-state index in [0.717, 1.165) is 15.6 Å². The van der Waals surface area contributed by atoms with E-state index in [1.54, 1.807) is 29.5 Å². The quantitative estimate of drug-likeness (QED) is 0.692. The second-order valence-electron chi connectivity index (χ2n) is 4.25. The Morgan fingerprint density at radius 1 is 1.40 bits per heavy atom. The van der Waals surface area contributed by atoms with Crippen LogP contribution < -0.4 is 10.5 Å². The molecule has 1 aromatic heterocycles. The molecule has 106 valence electrons. The first-order chi connectivity index (χ1) is 9.52. The fourth-order valence-electron chi connectivity index (χ4n) is 1.73. The minimum absolute atomic E-state index is 0.250. The first-order valence-electron chi connectivity index (χ1n) is 6.05. The average Bonchev–Trinajstić information content (AvgIpc) is 2.75. The Bertz CT molecular complexity index is 618. The van der Waals surface area contributed by atoms with Crippen LogP contribution in [0, 0.1) is 13.8 Å². The first kappa shape index (κ1) is 14.3. The number of esters is 1. The molecular formula is C14H16N2O3S. The van der Waals surface area contributed by atoms with Crippen LogP contribution in [0.1, 0.15) is 25.9 Å². The number of rotatable bonds is 4. The van der Waals surface area contributed by atoms with Crippen LogP contribution in [-0.4, -0.2) is 18.1 Å². The number of carbonyl (C=O) groups is 1. The molecule has 0 spiro atoms. The monoisotopic (exact) mass is 292 g/mol. The van der Waals surface area contributed by atoms with Crippen LogP contribution in [0.15, 0.2) is 18.2 Å². The standard InChI is InChI=1S/C14H16N2O3S/c1-8-9(2)20-12(16-8)7-19-11-6-4-5-10(15)13(11)14(17)18-3/h4-6H,7,15H2,1-3H3. The smallest absolute Gasteiger partial charge is 0.343 e. The van der Waals surface area contributed by atoms with E-state index >= 15 is 0 Å². The highest BCUT2D eigenvalue weighted by Gasteiger charge is 2.17. The molecule has 0 bridgehead atoms. The van der Waals surface area contributed by atoms with Crippen LogP contribution in [0.5, 0.6) is 5.75 Å². The van der Waals surface area contributed by atoms with Gasteiger partial charge in [-0.3, -0.25) is 0 Å². The van der Waals surface area contributed by atoms with Gasteiger partial charge in [-0.1, -0.05) is 6.07 Å². The lowest BCUT2D eigenvalue weighted by molar-refractivity contribution is 0.0597. The molecule has 0 fully saturated rings. The Balaban J connectivity index is 2.21. The molecule has 1 heterocycles. The molecule has 0 aliphatic rings. The van der Waals surface area contributed by atoms with E-state index < -0.39 is 5.97 Å². The Kier molecular flexibility index (Phi) is 4.24. The SMILES string of the molecule is COC(=O)c1c(N)cccc1OCc1nc(C)c(C)s1. The summed E-state index contributed by atoms with van der Waals surface area (Å²) in [4.78, 5) is 17.3. The number of methoxy groups -OCH3 is 1. The topological polar surface area (TPSA) is 74.4 Å². The van der Waals surface area contributed by atoms with Gasteiger partial charge in [-0.05, 0) is 26.0 Å². The number of nitrogen functional groups attached to an aromatic ring is 1. The highest BCUT2D eigenvalue weighted by molar-refractivity contribution is 7.11. The maximum atomic E-state index is 11.7. The Labute approximate surface area is 121 Å². The number of ether oxygens (including phenoxy) is 2. The van der Waals surface area contributed by atoms with Crippen molar-refractivity contribution in [2.45, 2.75) is 20.5 Å². The molecule has 0 amide bonds. The number of nitrogens with two attached hydrogens (primary N) is 1. The zero-order valence-electron chi connectivity index (χ0n) is 11.6. The van der Waals surface area contributed by atoms with Crippen molar-refractivity contribution in [1.82, 2.24) is 4.98 Å². The first-order valence-corrected chi connectivity index (χ1v) is 6.87. The van der Waals surface area contributed by atoms with Gasteiger partial charge in [0.05, 0.1) is 12.8 Å². The summed E-state index contributed by atoms with van der Waals surface area (Å²) in [6, 6.07) is 5.06. The highest BCUT2D eigenvalue weighted by Crippen LogP contribution is 2.27. The predicted molar refractivity (Wildman–Crippen MR) is 78.1 cm³/mol. The number of thiazole rings is 1. The highest BCUT2D eigenvalue weighted by atomic mass is 32.1. The predicted octanol–water partition coefficient (Wildman–Crippen LogP) is 2.71. The molecule has 0 aliphatic heterocycles. The number of anilines is 1. The largest absolute Gasteiger partial charge is 0.485 e. The zero-order chi connectivity index (χ0) is 14.7. The molecule has 2 rings (SSSR count). The summed E-state index contributed by atoms with van der Waals surface area (Å²) in [6.07, 6.45) is 0. The third-order valence-corrected chi connectivity index (χ3v) is 3.92. The molecule has 0 aliphatic carbocycles. The van der Waals surface area contributed by atoms with E-state index in [2.05, 4.69) is 4.98 Å². The molecule has 2 aromatic rings. The third-order valence-electron chi connectivity index (χ3n) is 2.87. The normalized spacial score (nSPS) is 10.3. The fourth-order valence-corrected chi connectivity index (χ4v) is 2.58. The molecule has 5 nitrogen and oxygen atoms in total. The zero-order valence-corrected chi connectivity index (χ0v) is 12.4. The lowest BCUT2D eigenvalue weighted by Crippen LogP contribution is -2.09. The third kappa shape index (κ3) is 2.91. The van der Waals surface area contributed by atoms with Crippen molar-refractivity contribution in [2.24, 2.45) is 0 Å². The van der Waals surface area contributed by atoms with Gasteiger partial charge in [0.15, 0.2) is 0 Å². The van der Waals surface area contributed by atoms with Crippen LogP contribution in [0.4, 0.5) is 5.69 Å². The van der Waals surface area contributed by atoms with Crippen molar-refractivity contribution in [1.29, 1.82) is 0 Å². The van der Waals surface area contributed by atoms with Crippen molar-refractivity contribution in [3.8, 4) is 5.75 Å². The van der Waals surface area contributed by atoms with Gasteiger partial charge in [0.2, 0.25) is 0 Å². The van der Waals surface area contributed by atoms with Gasteiger partial charge in [-0.2, -0.15) is 0 Å². The minimum atomic E-state index is -0.510. The van der Waals surface area contributed by atoms with Gasteiger partial charge < -0.3 is 15.2 Å². The molecule has 0 saturated heterocycles. The molecule has 0 atom stereocenters. The Hall–Kier alpha value is -2.08. The summed E-state index contributed by atoms with van der Waals surface area (Å²) in [5.41, 5.74) is 7.38. The van der Waals surface area contributed by atoms with Gasteiger partial charge >= 0.3 is 5.97 Å². The lowest BCUT2D eigenvalue weighted by Gasteiger charge is -2.11. The maximum Gasteiger partial charge on any atom is 0.343 e. The van der Waals surface area contributed by atoms with Crippen LogP contribution in [-0.2, 0) is 11.3 Å². The fraction of sp³-hybridized carbons (Fsp3) is 0.286. The number of aryl methyl sites for hydroxylation is 2. The summed E-state index contributed by atoms with van der Waals surface area (Å²) >= 11 is 1.57. The van der Waals surface area contributed by atoms with E-state index in [4.69, 9.17) is 15.2 Å². The van der Waals surface area contributed by atoms with E-state index in [1.165, 1.54) is 7.11 Å². The lowest BCUT2D eigenvalue weighted by atomic mass is 10.1. The molecule has 0 unspecified atom stereocenters. The van der Waals surface area contributed by atoms with Crippen LogP contribution in [0.25, 0.3) is 0 Å². The van der Waals surface area contributed by atoms with Crippen molar-refractivity contribution >= 4 is 23.0 Å². The van der Waals surface area contributed by atoms with Crippen molar-refractivity contribution in [3.05, 3.63) is 39.3 Å². The van der Waals surface area contributed by atoms with E-state index in [0.29, 0.717) is 18.0 Å². The second kappa shape index (κ2) is 5.92. The number of benzene rings is 1. The van der Waals surface area contributed by atoms with Crippen molar-refractivity contribution in [3.63, 3.8) is 0 Å². The molecule has 1 aromatic carbocycles. The maximum absolute atomic E-state index is 11.7. The minimum Gasteiger partial charge on any atom is -0.485 e. The Morgan fingerprint density at radius 2 is 2.15 bits per heavy atom. The van der Waals surface area contributed by atoms with Crippen molar-refractivity contribution in [2.75, 3.05) is 12.8 Å². The summed E-state index contributed by atoms with van der Waals surface area (Å²) < 4.78 is 10.4. The van der Waals surface area contributed by atoms with Gasteiger partial charge in [-0.25, -0.2) is 9.78 Å². The summed E-state index contributed by atoms with van der Waals surface area (Å²) in [5, 5.41) is 0.859. The molecule has 6 heteroatoms. The average molecular weight is 292 g/mol. The summed E-state index contributed by atoms with van der Waals surface area (Å²) in [5.74, 6) is -0.105. The van der Waals surface area contributed by atoms with E-state index in [1.807, 2.05) is 13.8 Å². The van der Waals surface area contributed by atoms with E-state index in [-0.39, 0.29) is 5.56 Å². The van der Waals surface area contributed by atoms with Crippen LogP contribution in [0.3, 0.4) is 0 Å². The molecule has 2 N–H and O–H groups in total. The number of hydrogen-bond donors (Lipinski definition) is 1. The Morgan fingerprint density at radius 3 is 2.75 bits per heavy atom. The van der Waals surface area contributed by atoms with Crippen molar-refractivity contribution < 1.29 is 14.3 Å². The summed E-state index contributed by atoms with van der Waals surface area (Å²) in [6.45, 7) is 4.26. The van der Waals surface area contributed by atoms with Gasteiger partial charge in [0, 0.05) is 10.6 Å². The molecule has 0 saturated carbocycles. The number of nitrogens with zero attached hydrogens (tertiary/aromatic N) is 1. The summed E-state index contributed by atoms with van der Waals surface area (Å²) in [7, 11) is 1.31.